The Bertz CT molecular complexity index is 348. The zero-order valence-electron chi connectivity index (χ0n) is 14.9. The van der Waals surface area contributed by atoms with Crippen molar-refractivity contribution in [2.24, 2.45) is 40.3 Å². The topological polar surface area (TPSA) is 41.6 Å². The Morgan fingerprint density at radius 3 is 2.32 bits per heavy atom. The molecule has 0 aromatic carbocycles. The summed E-state index contributed by atoms with van der Waals surface area (Å²) in [5.74, 6) is 4.84. The van der Waals surface area contributed by atoms with Crippen LogP contribution in [0.5, 0.6) is 0 Å². The van der Waals surface area contributed by atoms with Gasteiger partial charge in [-0.1, -0.05) is 34.1 Å². The van der Waals surface area contributed by atoms with Gasteiger partial charge in [-0.2, -0.15) is 0 Å². The molecule has 1 aliphatic carbocycles. The van der Waals surface area contributed by atoms with Gasteiger partial charge in [0.15, 0.2) is 5.96 Å². The van der Waals surface area contributed by atoms with Crippen LogP contribution in [-0.4, -0.2) is 30.5 Å². The molecule has 22 heavy (non-hydrogen) atoms. The van der Waals surface area contributed by atoms with E-state index in [2.05, 4.69) is 32.6 Å². The van der Waals surface area contributed by atoms with Gasteiger partial charge < -0.3 is 10.6 Å². The van der Waals surface area contributed by atoms with Crippen molar-refractivity contribution in [2.45, 2.75) is 59.8 Å². The highest BCUT2D eigenvalue weighted by Gasteiger charge is 2.30. The third kappa shape index (κ3) is 5.43. The Hall–Kier alpha value is -0.250. The molecule has 3 unspecified atom stereocenters. The van der Waals surface area contributed by atoms with Crippen LogP contribution in [0.3, 0.4) is 0 Å². The van der Waals surface area contributed by atoms with Gasteiger partial charge in [0.25, 0.3) is 0 Å². The molecule has 1 aliphatic heterocycles. The molecular weight excluding hydrogens is 338 g/mol. The SMILES string of the molecule is Br.CC1CCN(C(N)=NCC2CC(C)CCC2C(C)C)CC1. The van der Waals surface area contributed by atoms with Crippen LogP contribution in [0, 0.1) is 29.6 Å². The predicted octanol–water partition coefficient (Wildman–Crippen LogP) is 4.32. The summed E-state index contributed by atoms with van der Waals surface area (Å²) in [6.45, 7) is 12.6. The summed E-state index contributed by atoms with van der Waals surface area (Å²) >= 11 is 0. The van der Waals surface area contributed by atoms with Crippen LogP contribution in [0.15, 0.2) is 4.99 Å². The zero-order chi connectivity index (χ0) is 15.4. The molecule has 0 bridgehead atoms. The molecule has 3 nitrogen and oxygen atoms in total. The molecule has 1 saturated heterocycles. The lowest BCUT2D eigenvalue weighted by Crippen LogP contribution is -2.43. The van der Waals surface area contributed by atoms with Gasteiger partial charge in [0, 0.05) is 19.6 Å². The minimum absolute atomic E-state index is 0. The minimum Gasteiger partial charge on any atom is -0.370 e. The fraction of sp³-hybridized carbons (Fsp3) is 0.944. The summed E-state index contributed by atoms with van der Waals surface area (Å²) in [5, 5.41) is 0. The van der Waals surface area contributed by atoms with Gasteiger partial charge in [-0.25, -0.2) is 0 Å². The lowest BCUT2D eigenvalue weighted by Gasteiger charge is -2.37. The number of aliphatic imine (C=N–C) groups is 1. The molecule has 2 rings (SSSR count). The summed E-state index contributed by atoms with van der Waals surface area (Å²) in [7, 11) is 0. The number of guanidine groups is 1. The van der Waals surface area contributed by atoms with E-state index in [1.165, 1.54) is 32.1 Å². The first kappa shape index (κ1) is 19.8. The molecule has 0 radical (unpaired) electrons. The molecule has 2 fully saturated rings. The van der Waals surface area contributed by atoms with Gasteiger partial charge in [0.2, 0.25) is 0 Å². The largest absolute Gasteiger partial charge is 0.370 e. The summed E-state index contributed by atoms with van der Waals surface area (Å²) in [5.41, 5.74) is 6.24. The first-order valence-corrected chi connectivity index (χ1v) is 9.02. The molecule has 2 N–H and O–H groups in total. The summed E-state index contributed by atoms with van der Waals surface area (Å²) in [6.07, 6.45) is 6.61. The number of halogens is 1. The maximum Gasteiger partial charge on any atom is 0.191 e. The van der Waals surface area contributed by atoms with E-state index in [1.807, 2.05) is 0 Å². The van der Waals surface area contributed by atoms with Crippen molar-refractivity contribution in [1.82, 2.24) is 4.90 Å². The Morgan fingerprint density at radius 2 is 1.73 bits per heavy atom. The highest BCUT2D eigenvalue weighted by molar-refractivity contribution is 8.93. The third-order valence-corrected chi connectivity index (χ3v) is 5.76. The fourth-order valence-corrected chi connectivity index (χ4v) is 4.16. The van der Waals surface area contributed by atoms with Crippen LogP contribution >= 0.6 is 17.0 Å². The van der Waals surface area contributed by atoms with Gasteiger partial charge in [-0.05, 0) is 55.3 Å². The van der Waals surface area contributed by atoms with E-state index in [-0.39, 0.29) is 17.0 Å². The molecule has 3 atom stereocenters. The predicted molar refractivity (Wildman–Crippen MR) is 102 cm³/mol. The average Bonchev–Trinajstić information content (AvgIpc) is 2.45. The van der Waals surface area contributed by atoms with E-state index in [0.29, 0.717) is 0 Å². The van der Waals surface area contributed by atoms with Crippen molar-refractivity contribution in [3.8, 4) is 0 Å². The van der Waals surface area contributed by atoms with Crippen molar-refractivity contribution >= 4 is 22.9 Å². The lowest BCUT2D eigenvalue weighted by atomic mass is 9.70. The molecule has 0 aromatic heterocycles. The maximum absolute atomic E-state index is 6.24. The van der Waals surface area contributed by atoms with Crippen LogP contribution in [0.1, 0.15) is 59.8 Å². The van der Waals surface area contributed by atoms with Crippen molar-refractivity contribution in [3.05, 3.63) is 0 Å². The highest BCUT2D eigenvalue weighted by Crippen LogP contribution is 2.38. The molecule has 0 amide bonds. The summed E-state index contributed by atoms with van der Waals surface area (Å²) in [4.78, 5) is 7.07. The Kier molecular flexibility index (Phi) is 8.23. The van der Waals surface area contributed by atoms with Crippen molar-refractivity contribution in [2.75, 3.05) is 19.6 Å². The third-order valence-electron chi connectivity index (χ3n) is 5.76. The van der Waals surface area contributed by atoms with E-state index in [4.69, 9.17) is 10.7 Å². The van der Waals surface area contributed by atoms with Crippen molar-refractivity contribution in [3.63, 3.8) is 0 Å². The van der Waals surface area contributed by atoms with Gasteiger partial charge >= 0.3 is 0 Å². The lowest BCUT2D eigenvalue weighted by molar-refractivity contribution is 0.150. The van der Waals surface area contributed by atoms with E-state index >= 15 is 0 Å². The highest BCUT2D eigenvalue weighted by atomic mass is 79.9. The first-order valence-electron chi connectivity index (χ1n) is 9.02. The number of piperidine rings is 1. The quantitative estimate of drug-likeness (QED) is 0.591. The Balaban J connectivity index is 0.00000242. The number of nitrogens with two attached hydrogens (primary N) is 1. The second-order valence-corrected chi connectivity index (χ2v) is 7.95. The van der Waals surface area contributed by atoms with Gasteiger partial charge in [-0.15, -0.1) is 17.0 Å². The van der Waals surface area contributed by atoms with E-state index < -0.39 is 0 Å². The normalized spacial score (nSPS) is 31.2. The number of hydrogen-bond donors (Lipinski definition) is 1. The first-order chi connectivity index (χ1) is 9.97. The monoisotopic (exact) mass is 373 g/mol. The standard InChI is InChI=1S/C18H35N3.BrH/c1-13(2)17-6-5-15(4)11-16(17)12-20-18(19)21-9-7-14(3)8-10-21;/h13-17H,5-12H2,1-4H3,(H2,19,20);1H. The van der Waals surface area contributed by atoms with Crippen LogP contribution < -0.4 is 5.73 Å². The molecule has 2 aliphatic rings. The number of nitrogens with zero attached hydrogens (tertiary/aromatic N) is 2. The van der Waals surface area contributed by atoms with Gasteiger partial charge in [0.05, 0.1) is 0 Å². The maximum atomic E-state index is 6.24. The van der Waals surface area contributed by atoms with E-state index in [9.17, 15) is 0 Å². The Morgan fingerprint density at radius 1 is 1.09 bits per heavy atom. The fourth-order valence-electron chi connectivity index (χ4n) is 4.16. The van der Waals surface area contributed by atoms with Crippen LogP contribution in [-0.2, 0) is 0 Å². The molecule has 130 valence electrons. The van der Waals surface area contributed by atoms with Crippen LogP contribution in [0.4, 0.5) is 0 Å². The molecule has 1 saturated carbocycles. The van der Waals surface area contributed by atoms with Crippen LogP contribution in [0.2, 0.25) is 0 Å². The smallest absolute Gasteiger partial charge is 0.191 e. The van der Waals surface area contributed by atoms with E-state index in [1.54, 1.807) is 0 Å². The molecule has 4 heteroatoms. The summed E-state index contributed by atoms with van der Waals surface area (Å²) < 4.78 is 0. The number of hydrogen-bond acceptors (Lipinski definition) is 1. The summed E-state index contributed by atoms with van der Waals surface area (Å²) in [6, 6.07) is 0. The zero-order valence-corrected chi connectivity index (χ0v) is 16.6. The van der Waals surface area contributed by atoms with Crippen molar-refractivity contribution in [1.29, 1.82) is 0 Å². The minimum atomic E-state index is 0. The molecule has 0 spiro atoms. The van der Waals surface area contributed by atoms with Gasteiger partial charge in [-0.3, -0.25) is 4.99 Å². The molecule has 1 heterocycles. The average molecular weight is 374 g/mol. The second kappa shape index (κ2) is 9.14. The second-order valence-electron chi connectivity index (χ2n) is 7.95. The van der Waals surface area contributed by atoms with Crippen molar-refractivity contribution < 1.29 is 0 Å². The number of likely N-dealkylation sites (tertiary alicyclic amines) is 1. The Labute approximate surface area is 147 Å². The molecular formula is C18H36BrN3. The number of rotatable bonds is 3. The molecule has 0 aromatic rings. The van der Waals surface area contributed by atoms with Crippen LogP contribution in [0.25, 0.3) is 0 Å². The van der Waals surface area contributed by atoms with Gasteiger partial charge in [0.1, 0.15) is 0 Å². The van der Waals surface area contributed by atoms with E-state index in [0.717, 1.165) is 55.2 Å².